The molecular formula is C15H12ClN3. The fraction of sp³-hybridized carbons (Fsp3) is 0.200. The van der Waals surface area contributed by atoms with Crippen LogP contribution in [0.2, 0.25) is 5.02 Å². The van der Waals surface area contributed by atoms with E-state index in [-0.39, 0.29) is 6.04 Å². The molecule has 0 saturated heterocycles. The van der Waals surface area contributed by atoms with Gasteiger partial charge in [0.25, 0.3) is 0 Å². The summed E-state index contributed by atoms with van der Waals surface area (Å²) in [6.07, 6.45) is 3.84. The van der Waals surface area contributed by atoms with Gasteiger partial charge in [0.05, 0.1) is 34.1 Å². The van der Waals surface area contributed by atoms with Gasteiger partial charge < -0.3 is 5.32 Å². The molecule has 0 aliphatic heterocycles. The number of aryl methyl sites for hydroxylation is 1. The minimum absolute atomic E-state index is 0.169. The van der Waals surface area contributed by atoms with Crippen molar-refractivity contribution in [1.82, 2.24) is 4.98 Å². The minimum Gasteiger partial charge on any atom is -0.375 e. The maximum Gasteiger partial charge on any atom is 0.0992 e. The van der Waals surface area contributed by atoms with Crippen LogP contribution in [-0.2, 0) is 6.42 Å². The molecule has 1 aromatic heterocycles. The highest BCUT2D eigenvalue weighted by atomic mass is 35.5. The predicted molar refractivity (Wildman–Crippen MR) is 75.1 cm³/mol. The Bertz CT molecular complexity index is 661. The number of benzene rings is 1. The number of nitrogens with one attached hydrogen (secondary N) is 1. The smallest absolute Gasteiger partial charge is 0.0992 e. The largest absolute Gasteiger partial charge is 0.375 e. The van der Waals surface area contributed by atoms with E-state index in [1.165, 1.54) is 5.56 Å². The quantitative estimate of drug-likeness (QED) is 0.904. The summed E-state index contributed by atoms with van der Waals surface area (Å²) in [6.45, 7) is 0. The third-order valence-corrected chi connectivity index (χ3v) is 3.71. The highest BCUT2D eigenvalue weighted by Crippen LogP contribution is 2.34. The molecular weight excluding hydrogens is 258 g/mol. The van der Waals surface area contributed by atoms with Crippen molar-refractivity contribution in [3.63, 3.8) is 0 Å². The second-order valence-electron chi connectivity index (χ2n) is 4.59. The molecule has 0 fully saturated rings. The van der Waals surface area contributed by atoms with Gasteiger partial charge in [-0.05, 0) is 42.7 Å². The zero-order valence-corrected chi connectivity index (χ0v) is 11.0. The lowest BCUT2D eigenvalue weighted by atomic mass is 10.1. The Morgan fingerprint density at radius 1 is 1.37 bits per heavy atom. The van der Waals surface area contributed by atoms with E-state index < -0.39 is 0 Å². The lowest BCUT2D eigenvalue weighted by molar-refractivity contribution is 0.746. The summed E-state index contributed by atoms with van der Waals surface area (Å²) >= 11 is 6.17. The average molecular weight is 270 g/mol. The van der Waals surface area contributed by atoms with Crippen molar-refractivity contribution in [2.75, 3.05) is 5.32 Å². The number of pyridine rings is 1. The van der Waals surface area contributed by atoms with E-state index >= 15 is 0 Å². The molecule has 0 amide bonds. The number of hydrogen-bond donors (Lipinski definition) is 1. The number of hydrogen-bond acceptors (Lipinski definition) is 3. The first-order valence-corrected chi connectivity index (χ1v) is 6.55. The number of aromatic nitrogens is 1. The molecule has 1 heterocycles. The molecule has 1 aromatic carbocycles. The Hall–Kier alpha value is -2.05. The van der Waals surface area contributed by atoms with Crippen molar-refractivity contribution >= 4 is 17.3 Å². The SMILES string of the molecule is N#Cc1ccc(Cl)c(NC2CCc3cccnc32)c1. The number of nitriles is 1. The van der Waals surface area contributed by atoms with Crippen LogP contribution in [0.25, 0.3) is 0 Å². The normalized spacial score (nSPS) is 16.7. The Morgan fingerprint density at radius 3 is 3.11 bits per heavy atom. The van der Waals surface area contributed by atoms with Crippen molar-refractivity contribution in [2.45, 2.75) is 18.9 Å². The monoisotopic (exact) mass is 269 g/mol. The van der Waals surface area contributed by atoms with Crippen LogP contribution in [0.4, 0.5) is 5.69 Å². The molecule has 94 valence electrons. The summed E-state index contributed by atoms with van der Waals surface area (Å²) in [5, 5.41) is 13.0. The van der Waals surface area contributed by atoms with Crippen molar-refractivity contribution < 1.29 is 0 Å². The fourth-order valence-corrected chi connectivity index (χ4v) is 2.62. The van der Waals surface area contributed by atoms with Gasteiger partial charge in [-0.15, -0.1) is 0 Å². The second kappa shape index (κ2) is 4.91. The Balaban J connectivity index is 1.89. The van der Waals surface area contributed by atoms with E-state index in [1.54, 1.807) is 18.2 Å². The van der Waals surface area contributed by atoms with Crippen molar-refractivity contribution in [3.05, 3.63) is 58.4 Å². The maximum atomic E-state index is 8.94. The van der Waals surface area contributed by atoms with Gasteiger partial charge in [0, 0.05) is 6.20 Å². The summed E-state index contributed by atoms with van der Waals surface area (Å²) in [5.74, 6) is 0. The molecule has 3 rings (SSSR count). The maximum absolute atomic E-state index is 8.94. The molecule has 3 nitrogen and oxygen atoms in total. The third kappa shape index (κ3) is 2.27. The zero-order valence-electron chi connectivity index (χ0n) is 10.2. The molecule has 4 heteroatoms. The van der Waals surface area contributed by atoms with E-state index in [9.17, 15) is 0 Å². The summed E-state index contributed by atoms with van der Waals surface area (Å²) in [6, 6.07) is 11.6. The van der Waals surface area contributed by atoms with Gasteiger partial charge in [0.1, 0.15) is 0 Å². The number of halogens is 1. The van der Waals surface area contributed by atoms with Gasteiger partial charge in [-0.3, -0.25) is 4.98 Å². The predicted octanol–water partition coefficient (Wildman–Crippen LogP) is 3.71. The van der Waals surface area contributed by atoms with Crippen LogP contribution in [0, 0.1) is 11.3 Å². The van der Waals surface area contributed by atoms with Crippen LogP contribution in [0.5, 0.6) is 0 Å². The molecule has 1 N–H and O–H groups in total. The molecule has 0 radical (unpaired) electrons. The second-order valence-corrected chi connectivity index (χ2v) is 5.00. The minimum atomic E-state index is 0.169. The number of fused-ring (bicyclic) bond motifs is 1. The molecule has 1 aliphatic rings. The number of nitrogens with zero attached hydrogens (tertiary/aromatic N) is 2. The Kier molecular flexibility index (Phi) is 3.10. The highest BCUT2D eigenvalue weighted by molar-refractivity contribution is 6.33. The van der Waals surface area contributed by atoms with Crippen molar-refractivity contribution in [2.24, 2.45) is 0 Å². The molecule has 1 unspecified atom stereocenters. The summed E-state index contributed by atoms with van der Waals surface area (Å²) < 4.78 is 0. The lowest BCUT2D eigenvalue weighted by Gasteiger charge is -2.16. The van der Waals surface area contributed by atoms with E-state index in [4.69, 9.17) is 16.9 Å². The van der Waals surface area contributed by atoms with Crippen molar-refractivity contribution in [3.8, 4) is 6.07 Å². The molecule has 19 heavy (non-hydrogen) atoms. The molecule has 0 saturated carbocycles. The van der Waals surface area contributed by atoms with Crippen LogP contribution >= 0.6 is 11.6 Å². The van der Waals surface area contributed by atoms with Crippen LogP contribution < -0.4 is 5.32 Å². The number of anilines is 1. The highest BCUT2D eigenvalue weighted by Gasteiger charge is 2.23. The fourth-order valence-electron chi connectivity index (χ4n) is 2.45. The summed E-state index contributed by atoms with van der Waals surface area (Å²) in [5.41, 5.74) is 3.77. The van der Waals surface area contributed by atoms with Gasteiger partial charge >= 0.3 is 0 Å². The van der Waals surface area contributed by atoms with Crippen LogP contribution in [0.1, 0.15) is 29.3 Å². The average Bonchev–Trinajstić information content (AvgIpc) is 2.85. The van der Waals surface area contributed by atoms with Gasteiger partial charge in [-0.1, -0.05) is 17.7 Å². The van der Waals surface area contributed by atoms with Gasteiger partial charge in [0.2, 0.25) is 0 Å². The Labute approximate surface area is 116 Å². The number of rotatable bonds is 2. The summed E-state index contributed by atoms with van der Waals surface area (Å²) in [4.78, 5) is 4.44. The molecule has 1 aliphatic carbocycles. The van der Waals surface area contributed by atoms with E-state index in [0.717, 1.165) is 24.2 Å². The van der Waals surface area contributed by atoms with Gasteiger partial charge in [-0.25, -0.2) is 0 Å². The topological polar surface area (TPSA) is 48.7 Å². The molecule has 2 aromatic rings. The first-order chi connectivity index (χ1) is 9.28. The van der Waals surface area contributed by atoms with E-state index in [0.29, 0.717) is 10.6 Å². The summed E-state index contributed by atoms with van der Waals surface area (Å²) in [7, 11) is 0. The van der Waals surface area contributed by atoms with Gasteiger partial charge in [-0.2, -0.15) is 5.26 Å². The standard InChI is InChI=1S/C15H12ClN3/c16-12-5-3-10(9-17)8-14(12)19-13-6-4-11-2-1-7-18-15(11)13/h1-3,5,7-8,13,19H,4,6H2. The Morgan fingerprint density at radius 2 is 2.26 bits per heavy atom. The van der Waals surface area contributed by atoms with E-state index in [2.05, 4.69) is 22.4 Å². The first kappa shape index (κ1) is 12.0. The molecule has 1 atom stereocenters. The van der Waals surface area contributed by atoms with Crippen LogP contribution in [0.3, 0.4) is 0 Å². The molecule has 0 spiro atoms. The third-order valence-electron chi connectivity index (χ3n) is 3.38. The zero-order chi connectivity index (χ0) is 13.2. The van der Waals surface area contributed by atoms with Crippen molar-refractivity contribution in [1.29, 1.82) is 5.26 Å². The lowest BCUT2D eigenvalue weighted by Crippen LogP contribution is -2.09. The van der Waals surface area contributed by atoms with E-state index in [1.807, 2.05) is 12.3 Å². The van der Waals surface area contributed by atoms with Gasteiger partial charge in [0.15, 0.2) is 0 Å². The first-order valence-electron chi connectivity index (χ1n) is 6.18. The van der Waals surface area contributed by atoms with Crippen LogP contribution in [0.15, 0.2) is 36.5 Å². The van der Waals surface area contributed by atoms with Crippen LogP contribution in [-0.4, -0.2) is 4.98 Å². The molecule has 0 bridgehead atoms.